The van der Waals surface area contributed by atoms with Crippen LogP contribution in [0, 0.1) is 0 Å². The van der Waals surface area contributed by atoms with Gasteiger partial charge in [-0.2, -0.15) is 4.98 Å². The number of fused-ring (bicyclic) bond motifs is 1. The number of carbonyl (C=O) groups excluding carboxylic acids is 1. The van der Waals surface area contributed by atoms with Crippen molar-refractivity contribution in [2.45, 2.75) is 13.1 Å². The van der Waals surface area contributed by atoms with Gasteiger partial charge in [0.15, 0.2) is 0 Å². The quantitative estimate of drug-likeness (QED) is 0.112. The zero-order chi connectivity index (χ0) is 30.2. The molecule has 11 nitrogen and oxygen atoms in total. The van der Waals surface area contributed by atoms with Crippen molar-refractivity contribution in [1.82, 2.24) is 9.97 Å². The Morgan fingerprint density at radius 2 is 1.63 bits per heavy atom. The fraction of sp³-hybridized carbons (Fsp3) is 0.219. The number of methoxy groups -OCH3 is 3. The van der Waals surface area contributed by atoms with E-state index in [4.69, 9.17) is 23.9 Å². The molecule has 0 unspecified atom stereocenters. The highest BCUT2D eigenvalue weighted by Gasteiger charge is 2.34. The number of ether oxygens (including phenoxy) is 4. The molecule has 4 aromatic rings. The van der Waals surface area contributed by atoms with Gasteiger partial charge in [-0.05, 0) is 29.8 Å². The number of urea groups is 1. The lowest BCUT2D eigenvalue weighted by molar-refractivity contribution is 0.183. The van der Waals surface area contributed by atoms with E-state index in [1.807, 2.05) is 48.5 Å². The molecule has 2 heterocycles. The topological polar surface area (TPSA) is 110 Å². The first-order chi connectivity index (χ1) is 21.0. The summed E-state index contributed by atoms with van der Waals surface area (Å²) in [6.07, 6.45) is 3.43. The average Bonchev–Trinajstić information content (AvgIpc) is 3.05. The molecule has 2 amide bonds. The van der Waals surface area contributed by atoms with Crippen LogP contribution in [-0.2, 0) is 17.8 Å². The standard InChI is InChI=1S/C32H34N6O5/c1-5-14-43-21-34-28-8-6-7-9-29(28)35-31-33-18-23-20-37(24-15-26(41-3)17-27(16-24)42-4)32(39)38(30(23)36-31)19-22-10-12-25(40-2)13-11-22/h5-13,15-18,34H,1,14,19-21H2,2-4H3,(H,33,35,36). The van der Waals surface area contributed by atoms with Crippen LogP contribution in [0.2, 0.25) is 0 Å². The number of amides is 2. The predicted octanol–water partition coefficient (Wildman–Crippen LogP) is 5.96. The van der Waals surface area contributed by atoms with Gasteiger partial charge in [0.05, 0.1) is 58.1 Å². The molecule has 0 saturated heterocycles. The Kier molecular flexibility index (Phi) is 9.23. The minimum absolute atomic E-state index is 0.246. The summed E-state index contributed by atoms with van der Waals surface area (Å²) in [5.74, 6) is 2.75. The number of benzene rings is 3. The summed E-state index contributed by atoms with van der Waals surface area (Å²) in [6, 6.07) is 20.4. The predicted molar refractivity (Wildman–Crippen MR) is 167 cm³/mol. The van der Waals surface area contributed by atoms with Crippen LogP contribution in [0.25, 0.3) is 0 Å². The molecule has 0 bridgehead atoms. The molecule has 0 aliphatic carbocycles. The van der Waals surface area contributed by atoms with Crippen LogP contribution < -0.4 is 34.6 Å². The summed E-state index contributed by atoms with van der Waals surface area (Å²) < 4.78 is 21.7. The maximum absolute atomic E-state index is 14.1. The van der Waals surface area contributed by atoms with Crippen molar-refractivity contribution >= 4 is 34.9 Å². The van der Waals surface area contributed by atoms with Crippen LogP contribution in [0.15, 0.2) is 85.6 Å². The van der Waals surface area contributed by atoms with Gasteiger partial charge in [-0.3, -0.25) is 9.80 Å². The number of para-hydroxylation sites is 2. The molecule has 1 aliphatic rings. The lowest BCUT2D eigenvalue weighted by Gasteiger charge is -2.36. The molecule has 0 radical (unpaired) electrons. The minimum atomic E-state index is -0.246. The van der Waals surface area contributed by atoms with Gasteiger partial charge < -0.3 is 29.6 Å². The second kappa shape index (κ2) is 13.6. The van der Waals surface area contributed by atoms with Crippen LogP contribution in [0.1, 0.15) is 11.1 Å². The first-order valence-corrected chi connectivity index (χ1v) is 13.6. The fourth-order valence-electron chi connectivity index (χ4n) is 4.62. The Hall–Kier alpha value is -5.29. The number of anilines is 5. The molecular formula is C32H34N6O5. The number of carbonyl (C=O) groups is 1. The average molecular weight is 583 g/mol. The van der Waals surface area contributed by atoms with Gasteiger partial charge >= 0.3 is 6.03 Å². The smallest absolute Gasteiger partial charge is 0.330 e. The summed E-state index contributed by atoms with van der Waals surface area (Å²) in [6.45, 7) is 4.96. The molecule has 0 spiro atoms. The number of nitrogens with zero attached hydrogens (tertiary/aromatic N) is 4. The molecule has 222 valence electrons. The van der Waals surface area contributed by atoms with E-state index < -0.39 is 0 Å². The van der Waals surface area contributed by atoms with Crippen LogP contribution in [0.5, 0.6) is 17.2 Å². The number of hydrogen-bond acceptors (Lipinski definition) is 9. The Labute approximate surface area is 250 Å². The third-order valence-corrected chi connectivity index (χ3v) is 6.81. The monoisotopic (exact) mass is 582 g/mol. The van der Waals surface area contributed by atoms with E-state index in [0.717, 1.165) is 28.3 Å². The van der Waals surface area contributed by atoms with Gasteiger partial charge in [0.1, 0.15) is 29.8 Å². The van der Waals surface area contributed by atoms with E-state index in [0.29, 0.717) is 42.3 Å². The maximum Gasteiger partial charge on any atom is 0.330 e. The van der Waals surface area contributed by atoms with E-state index in [-0.39, 0.29) is 19.1 Å². The van der Waals surface area contributed by atoms with Gasteiger partial charge in [-0.25, -0.2) is 9.78 Å². The molecule has 2 N–H and O–H groups in total. The Balaban J connectivity index is 1.49. The van der Waals surface area contributed by atoms with Crippen molar-refractivity contribution in [3.63, 3.8) is 0 Å². The van der Waals surface area contributed by atoms with E-state index in [2.05, 4.69) is 22.2 Å². The van der Waals surface area contributed by atoms with Crippen molar-refractivity contribution in [3.05, 3.63) is 96.7 Å². The van der Waals surface area contributed by atoms with Crippen molar-refractivity contribution in [2.24, 2.45) is 0 Å². The van der Waals surface area contributed by atoms with Gasteiger partial charge in [0.25, 0.3) is 0 Å². The van der Waals surface area contributed by atoms with Crippen LogP contribution in [0.3, 0.4) is 0 Å². The molecule has 0 atom stereocenters. The molecule has 43 heavy (non-hydrogen) atoms. The van der Waals surface area contributed by atoms with E-state index >= 15 is 0 Å². The second-order valence-corrected chi connectivity index (χ2v) is 9.57. The van der Waals surface area contributed by atoms with Crippen molar-refractivity contribution in [3.8, 4) is 17.2 Å². The number of hydrogen-bond donors (Lipinski definition) is 2. The number of aromatic nitrogens is 2. The van der Waals surface area contributed by atoms with Gasteiger partial charge in [0, 0.05) is 30.0 Å². The molecular weight excluding hydrogens is 548 g/mol. The zero-order valence-electron chi connectivity index (χ0n) is 24.4. The lowest BCUT2D eigenvalue weighted by atomic mass is 10.1. The van der Waals surface area contributed by atoms with Crippen LogP contribution in [-0.4, -0.2) is 50.7 Å². The Morgan fingerprint density at radius 3 is 2.30 bits per heavy atom. The molecule has 5 rings (SSSR count). The summed E-state index contributed by atoms with van der Waals surface area (Å²) in [4.78, 5) is 26.9. The Bertz CT molecular complexity index is 1560. The van der Waals surface area contributed by atoms with Crippen LogP contribution >= 0.6 is 0 Å². The molecule has 11 heteroatoms. The fourth-order valence-corrected chi connectivity index (χ4v) is 4.62. The lowest BCUT2D eigenvalue weighted by Crippen LogP contribution is -2.47. The molecule has 0 fully saturated rings. The minimum Gasteiger partial charge on any atom is -0.497 e. The number of rotatable bonds is 13. The van der Waals surface area contributed by atoms with Crippen molar-refractivity contribution in [2.75, 3.05) is 55.1 Å². The molecule has 1 aliphatic heterocycles. The summed E-state index contributed by atoms with van der Waals surface area (Å²) in [5.41, 5.74) is 3.90. The highest BCUT2D eigenvalue weighted by atomic mass is 16.5. The first-order valence-electron chi connectivity index (χ1n) is 13.6. The van der Waals surface area contributed by atoms with Gasteiger partial charge in [0.2, 0.25) is 5.95 Å². The summed E-state index contributed by atoms with van der Waals surface area (Å²) >= 11 is 0. The third kappa shape index (κ3) is 6.79. The maximum atomic E-state index is 14.1. The summed E-state index contributed by atoms with van der Waals surface area (Å²) in [5, 5.41) is 6.53. The normalized spacial score (nSPS) is 12.4. The van der Waals surface area contributed by atoms with E-state index in [9.17, 15) is 4.79 Å². The van der Waals surface area contributed by atoms with Crippen molar-refractivity contribution in [1.29, 1.82) is 0 Å². The van der Waals surface area contributed by atoms with Crippen LogP contribution in [0.4, 0.5) is 33.6 Å². The highest BCUT2D eigenvalue weighted by molar-refractivity contribution is 6.05. The molecule has 1 aromatic heterocycles. The van der Waals surface area contributed by atoms with Gasteiger partial charge in [-0.15, -0.1) is 6.58 Å². The van der Waals surface area contributed by atoms with Crippen molar-refractivity contribution < 1.29 is 23.7 Å². The van der Waals surface area contributed by atoms with E-state index in [1.54, 1.807) is 61.6 Å². The third-order valence-electron chi connectivity index (χ3n) is 6.81. The highest BCUT2D eigenvalue weighted by Crippen LogP contribution is 2.36. The molecule has 3 aromatic carbocycles. The van der Waals surface area contributed by atoms with Gasteiger partial charge in [-0.1, -0.05) is 30.3 Å². The first kappa shape index (κ1) is 29.2. The molecule has 0 saturated carbocycles. The largest absolute Gasteiger partial charge is 0.497 e. The number of nitrogens with one attached hydrogen (secondary N) is 2. The second-order valence-electron chi connectivity index (χ2n) is 9.57. The SMILES string of the molecule is C=CCOCNc1ccccc1Nc1ncc2c(n1)N(Cc1ccc(OC)cc1)C(=O)N(c1cc(OC)cc(OC)c1)C2. The zero-order valence-corrected chi connectivity index (χ0v) is 24.4. The summed E-state index contributed by atoms with van der Waals surface area (Å²) in [7, 11) is 4.77. The Morgan fingerprint density at radius 1 is 0.930 bits per heavy atom. The van der Waals surface area contributed by atoms with E-state index in [1.165, 1.54) is 0 Å².